The van der Waals surface area contributed by atoms with Gasteiger partial charge in [-0.25, -0.2) is 0 Å². The van der Waals surface area contributed by atoms with E-state index in [2.05, 4.69) is 0 Å². The zero-order chi connectivity index (χ0) is 84.1. The van der Waals surface area contributed by atoms with Crippen molar-refractivity contribution in [3.63, 3.8) is 0 Å². The maximum atomic E-state index is 11.1. The Labute approximate surface area is 638 Å². The van der Waals surface area contributed by atoms with Crippen molar-refractivity contribution in [3.8, 4) is 46.0 Å². The fourth-order valence-corrected chi connectivity index (χ4v) is 14.8. The normalized spacial score (nSPS) is 11.9. The second-order valence-corrected chi connectivity index (χ2v) is 34.8. The molecule has 0 bridgehead atoms. The van der Waals surface area contributed by atoms with Crippen molar-refractivity contribution in [1.29, 1.82) is 0 Å². The van der Waals surface area contributed by atoms with E-state index >= 15 is 0 Å². The average Bonchev–Trinajstić information content (AvgIpc) is 0.784. The van der Waals surface area contributed by atoms with Crippen LogP contribution in [0.15, 0.2) is 244 Å². The van der Waals surface area contributed by atoms with Crippen molar-refractivity contribution in [1.82, 2.24) is 0 Å². The molecule has 13 aromatic rings. The fourth-order valence-electron chi connectivity index (χ4n) is 9.86. The van der Waals surface area contributed by atoms with Crippen LogP contribution < -0.4 is 22.9 Å². The Kier molecular flexibility index (Phi) is 26.4. The SMILES string of the molecule is Nc1c(O)cc(S(=O)(=O)O)c2ccccc12.Nc1cc(SO)cc2cc(S(=O)(=O)O)cc(O)c12.Nc1ccc2c(O)cc(S(=O)(=O)O)cc2c1.Nc1ccc2cc(S(=O)(=O)O)cc(O)c2c1.O=S(=O)(O)c1cc(O)c(O)c(S(=O)(=O)O)c1.O=S(=O)(O)c1ccc2cc(O)c(O)cc2c1.O=S(=O)(O)c1ccc2ccccc2c1. The van der Waals surface area contributed by atoms with E-state index in [4.69, 9.17) is 74.1 Å². The lowest BCUT2D eigenvalue weighted by Crippen LogP contribution is -2.03. The standard InChI is InChI=1S/C10H9NO5S2.3C10H9NO4S.C10H8O5S.C10H8O3S.C6H6O8S2/c11-8-3-6(17-13)1-5-2-7(18(14,15)16)4-9(12)10(5)8;11-7-1-2-9-6(3-7)4-8(5-10(9)12)16(13,14)15;11-7-2-1-6-3-8(16(13,14)15)5-10(12)9(6)4-7;11-10-7-4-2-1-3-6(7)9(5-8(10)12)16(13,14)15;11-9-4-6-1-2-8(16(13,14)15)3-7(6)5-10(9)12;11-14(12,13)10-6-5-8-3-1-2-4-9(8)7-10;7-4-1-3(15(9,10)11)2-5(6(4)8)16(12,13)14/h1-4,12-13H,11H2,(H,14,15,16);3*1-5,12H,11H2,(H,13,14,15);1-5,11-12H,(H,13,14,15);1-7H,(H,11,12,13);1-2,7-8H,(H,9,10,11)(H,12,13,14). The number of rotatable bonds is 9. The van der Waals surface area contributed by atoms with Crippen LogP contribution in [0.3, 0.4) is 0 Å². The van der Waals surface area contributed by atoms with Gasteiger partial charge in [-0.1, -0.05) is 66.7 Å². The van der Waals surface area contributed by atoms with E-state index in [0.29, 0.717) is 83.5 Å². The summed E-state index contributed by atoms with van der Waals surface area (Å²) < 4.78 is 254. The van der Waals surface area contributed by atoms with Gasteiger partial charge in [0.2, 0.25) is 0 Å². The number of benzene rings is 13. The van der Waals surface area contributed by atoms with Gasteiger partial charge in [0.1, 0.15) is 32.8 Å². The van der Waals surface area contributed by atoms with Gasteiger partial charge >= 0.3 is 0 Å². The molecule has 0 aromatic heterocycles. The highest BCUT2D eigenvalue weighted by Crippen LogP contribution is 2.40. The van der Waals surface area contributed by atoms with Crippen molar-refractivity contribution < 1.29 is 149 Å². The third kappa shape index (κ3) is 22.4. The Hall–Kier alpha value is -11.4. The van der Waals surface area contributed by atoms with Gasteiger partial charge in [-0.05, 0) is 141 Å². The molecule has 0 aliphatic heterocycles. The summed E-state index contributed by atoms with van der Waals surface area (Å²) in [5, 5.41) is 80.7. The van der Waals surface area contributed by atoms with Crippen molar-refractivity contribution in [2.24, 2.45) is 0 Å². The molecule has 0 aliphatic rings. The van der Waals surface area contributed by atoms with E-state index < -0.39 is 107 Å². The quantitative estimate of drug-likeness (QED) is 0.0277. The van der Waals surface area contributed by atoms with E-state index in [1.165, 1.54) is 91.0 Å². The lowest BCUT2D eigenvalue weighted by atomic mass is 10.1. The number of aromatic hydroxyl groups is 8. The van der Waals surface area contributed by atoms with Gasteiger partial charge in [-0.3, -0.25) is 36.4 Å². The lowest BCUT2D eigenvalue weighted by Gasteiger charge is -2.08. The Bertz CT molecular complexity index is 6900. The summed E-state index contributed by atoms with van der Waals surface area (Å²) in [5.41, 5.74) is 23.6. The van der Waals surface area contributed by atoms with Crippen LogP contribution in [0, 0.1) is 0 Å². The number of anilines is 4. The number of hydrogen-bond donors (Lipinski definition) is 21. The molecule has 0 fully saturated rings. The molecule has 0 saturated heterocycles. The maximum Gasteiger partial charge on any atom is 0.298 e. The molecule has 594 valence electrons. The van der Waals surface area contributed by atoms with Crippen LogP contribution in [-0.2, 0) is 80.9 Å². The smallest absolute Gasteiger partial charge is 0.298 e. The molecule has 0 atom stereocenters. The van der Waals surface area contributed by atoms with Crippen molar-refractivity contribution in [2.75, 3.05) is 22.9 Å². The molecule has 13 aromatic carbocycles. The Morgan fingerprint density at radius 1 is 0.250 bits per heavy atom. The van der Waals surface area contributed by atoms with Gasteiger partial charge in [0.25, 0.3) is 80.9 Å². The molecule has 25 N–H and O–H groups in total. The Morgan fingerprint density at radius 2 is 0.643 bits per heavy atom. The molecule has 112 heavy (non-hydrogen) atoms. The zero-order valence-corrected chi connectivity index (χ0v) is 63.0. The molecular formula is C66H58N4O33S9. The van der Waals surface area contributed by atoms with E-state index in [0.717, 1.165) is 35.0 Å². The largest absolute Gasteiger partial charge is 0.507 e. The summed E-state index contributed by atoms with van der Waals surface area (Å²) in [6.07, 6.45) is 0. The number of fused-ring (bicyclic) bond motifs is 6. The Morgan fingerprint density at radius 3 is 1.16 bits per heavy atom. The van der Waals surface area contributed by atoms with E-state index in [1.807, 2.05) is 18.2 Å². The van der Waals surface area contributed by atoms with Crippen LogP contribution in [0.5, 0.6) is 46.0 Å². The topological polar surface area (TPSA) is 721 Å². The summed E-state index contributed by atoms with van der Waals surface area (Å²) in [6, 6.07) is 45.1. The summed E-state index contributed by atoms with van der Waals surface area (Å²) >= 11 is 0.443. The zero-order valence-electron chi connectivity index (χ0n) is 55.7. The van der Waals surface area contributed by atoms with Crippen LogP contribution >= 0.6 is 12.0 Å². The molecule has 46 heteroatoms. The Balaban J connectivity index is 0.000000181. The first kappa shape index (κ1) is 87.8. The molecular weight excluding hydrogens is 1670 g/mol. The van der Waals surface area contributed by atoms with Crippen molar-refractivity contribution >= 4 is 180 Å². The second kappa shape index (κ2) is 33.7. The molecule has 13 rings (SSSR count). The molecule has 37 nitrogen and oxygen atoms in total. The summed E-state index contributed by atoms with van der Waals surface area (Å²) in [4.78, 5) is -3.63. The first-order valence-electron chi connectivity index (χ1n) is 29.7. The minimum absolute atomic E-state index is 0.0730. The van der Waals surface area contributed by atoms with Gasteiger partial charge in [0, 0.05) is 91.3 Å². The van der Waals surface area contributed by atoms with E-state index in [9.17, 15) is 98.0 Å². The maximum absolute atomic E-state index is 11.1. The predicted octanol–water partition coefficient (Wildman–Crippen LogP) is 9.24. The molecule has 0 unspecified atom stereocenters. The molecule has 0 spiro atoms. The predicted molar refractivity (Wildman–Crippen MR) is 408 cm³/mol. The summed E-state index contributed by atoms with van der Waals surface area (Å²) in [6.45, 7) is 0. The van der Waals surface area contributed by atoms with Crippen molar-refractivity contribution in [3.05, 3.63) is 200 Å². The van der Waals surface area contributed by atoms with Gasteiger partial charge in [0.15, 0.2) is 23.0 Å². The van der Waals surface area contributed by atoms with Crippen molar-refractivity contribution in [2.45, 2.75) is 44.1 Å². The summed E-state index contributed by atoms with van der Waals surface area (Å²) in [5.74, 6) is -4.13. The van der Waals surface area contributed by atoms with Crippen LogP contribution in [0.1, 0.15) is 0 Å². The van der Waals surface area contributed by atoms with E-state index in [-0.39, 0.29) is 81.1 Å². The lowest BCUT2D eigenvalue weighted by molar-refractivity contribution is 0.386. The number of phenols is 8. The number of hydrogen-bond acceptors (Lipinski definition) is 30. The first-order chi connectivity index (χ1) is 51.5. The molecule has 0 radical (unpaired) electrons. The fraction of sp³-hybridized carbons (Fsp3) is 0. The number of phenolic OH excluding ortho intramolecular Hbond substituents is 8. The van der Waals surface area contributed by atoms with Crippen LogP contribution in [0.25, 0.3) is 64.6 Å². The third-order valence-corrected chi connectivity index (χ3v) is 22.2. The average molecular weight is 1720 g/mol. The second-order valence-electron chi connectivity index (χ2n) is 22.8. The minimum Gasteiger partial charge on any atom is -0.507 e. The van der Waals surface area contributed by atoms with Gasteiger partial charge in [-0.15, -0.1) is 0 Å². The van der Waals surface area contributed by atoms with Gasteiger partial charge in [0.05, 0.1) is 35.1 Å². The monoisotopic (exact) mass is 1720 g/mol. The highest BCUT2D eigenvalue weighted by atomic mass is 32.3. The number of nitrogens with two attached hydrogens (primary N) is 4. The highest BCUT2D eigenvalue weighted by molar-refractivity contribution is 7.93. The third-order valence-electron chi connectivity index (χ3n) is 15.0. The van der Waals surface area contributed by atoms with E-state index in [1.54, 1.807) is 54.6 Å². The van der Waals surface area contributed by atoms with Gasteiger partial charge < -0.3 is 68.3 Å². The summed E-state index contributed by atoms with van der Waals surface area (Å²) in [7, 11) is -35.5. The van der Waals surface area contributed by atoms with Crippen LogP contribution in [-0.4, -0.2) is 149 Å². The number of nitrogen functional groups attached to an aromatic ring is 4. The minimum atomic E-state index is -4.92. The molecule has 0 aliphatic carbocycles. The first-order valence-corrected chi connectivity index (χ1v) is 42.0. The molecule has 0 saturated carbocycles. The highest BCUT2D eigenvalue weighted by Gasteiger charge is 2.25. The van der Waals surface area contributed by atoms with Gasteiger partial charge in [-0.2, -0.15) is 67.3 Å². The molecule has 0 heterocycles. The van der Waals surface area contributed by atoms with Crippen LogP contribution in [0.4, 0.5) is 22.7 Å². The van der Waals surface area contributed by atoms with Crippen LogP contribution in [0.2, 0.25) is 0 Å². The molecule has 0 amide bonds.